The van der Waals surface area contributed by atoms with E-state index in [0.717, 1.165) is 6.42 Å². The first-order chi connectivity index (χ1) is 5.88. The summed E-state index contributed by atoms with van der Waals surface area (Å²) in [7, 11) is 2.26. The van der Waals surface area contributed by atoms with Gasteiger partial charge in [0.1, 0.15) is 0 Å². The van der Waals surface area contributed by atoms with Crippen LogP contribution in [0.1, 0.15) is 17.8 Å². The zero-order valence-electron chi connectivity index (χ0n) is 7.58. The van der Waals surface area contributed by atoms with Crippen molar-refractivity contribution in [3.8, 4) is 0 Å². The van der Waals surface area contributed by atoms with E-state index in [-0.39, 0.29) is 9.52 Å². The van der Waals surface area contributed by atoms with E-state index in [1.165, 1.54) is 36.3 Å². The average molecular weight is 181 g/mol. The fourth-order valence-electron chi connectivity index (χ4n) is 1.86. The molecular weight excluding hydrogens is 166 g/mol. The Morgan fingerprint density at radius 1 is 1.33 bits per heavy atom. The van der Waals surface area contributed by atoms with Gasteiger partial charge in [0.15, 0.2) is 0 Å². The molecule has 0 saturated heterocycles. The first-order valence-electron chi connectivity index (χ1n) is 4.75. The van der Waals surface area contributed by atoms with Crippen LogP contribution in [0.25, 0.3) is 0 Å². The summed E-state index contributed by atoms with van der Waals surface area (Å²) in [6.07, 6.45) is 3.74. The first kappa shape index (κ1) is 7.98. The molecule has 0 amide bonds. The molecule has 2 heterocycles. The van der Waals surface area contributed by atoms with Crippen molar-refractivity contribution in [2.24, 2.45) is 7.05 Å². The van der Waals surface area contributed by atoms with E-state index in [9.17, 15) is 0 Å². The second-order valence-electron chi connectivity index (χ2n) is 3.52. The Morgan fingerprint density at radius 2 is 2.25 bits per heavy atom. The lowest BCUT2D eigenvalue weighted by molar-refractivity contribution is 0.681. The summed E-state index contributed by atoms with van der Waals surface area (Å²) in [5.74, 6) is 0. The van der Waals surface area contributed by atoms with Crippen molar-refractivity contribution in [2.45, 2.75) is 31.4 Å². The topological polar surface area (TPSA) is 30.7 Å². The van der Waals surface area contributed by atoms with Crippen molar-refractivity contribution < 1.29 is 0 Å². The first-order valence-corrected chi connectivity index (χ1v) is 6.75. The molecule has 0 radical (unpaired) electrons. The maximum absolute atomic E-state index is 4.19. The molecule has 1 aromatic rings. The third-order valence-electron chi connectivity index (χ3n) is 2.60. The lowest BCUT2D eigenvalue weighted by atomic mass is 10.2. The van der Waals surface area contributed by atoms with Crippen molar-refractivity contribution in [1.29, 1.82) is 0 Å². The molecule has 12 heavy (non-hydrogen) atoms. The van der Waals surface area contributed by atoms with Gasteiger partial charge in [-0.2, -0.15) is 0 Å². The van der Waals surface area contributed by atoms with Crippen LogP contribution in [0.4, 0.5) is 0 Å². The second kappa shape index (κ2) is 3.39. The van der Waals surface area contributed by atoms with Gasteiger partial charge in [0, 0.05) is 16.6 Å². The van der Waals surface area contributed by atoms with Crippen LogP contribution in [0.5, 0.6) is 0 Å². The fraction of sp³-hybridized carbons (Fsp3) is 0.750. The quantitative estimate of drug-likeness (QED) is 0.539. The predicted octanol–water partition coefficient (Wildman–Crippen LogP) is 0.309. The molecule has 0 saturated carbocycles. The molecule has 0 spiro atoms. The van der Waals surface area contributed by atoms with Crippen LogP contribution >= 0.6 is 0 Å². The molecule has 1 aromatic heterocycles. The molecule has 3 nitrogen and oxygen atoms in total. The highest BCUT2D eigenvalue weighted by Crippen LogP contribution is 2.14. The summed E-state index contributed by atoms with van der Waals surface area (Å²) >= 11 is 0. The van der Waals surface area contributed by atoms with Crippen molar-refractivity contribution >= 4 is 9.52 Å². The molecule has 0 bridgehead atoms. The maximum Gasteiger partial charge on any atom is 0.0858 e. The Bertz CT molecular complexity index is 269. The normalized spacial score (nSPS) is 20.1. The van der Waals surface area contributed by atoms with E-state index >= 15 is 0 Å². The Morgan fingerprint density at radius 3 is 3.17 bits per heavy atom. The average Bonchev–Trinajstić information content (AvgIpc) is 2.31. The smallest absolute Gasteiger partial charge is 0.0858 e. The number of aryl methyl sites for hydroxylation is 2. The van der Waals surface area contributed by atoms with Gasteiger partial charge in [0.2, 0.25) is 0 Å². The minimum absolute atomic E-state index is 0.249. The molecule has 0 aliphatic carbocycles. The van der Waals surface area contributed by atoms with Crippen LogP contribution in [-0.2, 0) is 19.9 Å². The van der Waals surface area contributed by atoms with Crippen molar-refractivity contribution in [1.82, 2.24) is 15.0 Å². The van der Waals surface area contributed by atoms with Gasteiger partial charge in [-0.15, -0.1) is 5.10 Å². The second-order valence-corrected chi connectivity index (χ2v) is 5.64. The minimum atomic E-state index is 0.249. The Kier molecular flexibility index (Phi) is 2.25. The number of nitrogens with zero attached hydrogens (tertiary/aromatic N) is 3. The molecule has 1 aliphatic rings. The fourth-order valence-corrected chi connectivity index (χ4v) is 3.40. The summed E-state index contributed by atoms with van der Waals surface area (Å²) < 4.78 is 1.95. The van der Waals surface area contributed by atoms with Crippen LogP contribution in [0, 0.1) is 0 Å². The van der Waals surface area contributed by atoms with E-state index < -0.39 is 0 Å². The molecular formula is C8H15N3Si. The Balaban J connectivity index is 2.26. The summed E-state index contributed by atoms with van der Waals surface area (Å²) in [6.45, 7) is 0. The van der Waals surface area contributed by atoms with E-state index in [4.69, 9.17) is 0 Å². The van der Waals surface area contributed by atoms with Gasteiger partial charge in [-0.1, -0.05) is 23.7 Å². The van der Waals surface area contributed by atoms with Crippen LogP contribution < -0.4 is 0 Å². The molecule has 1 aliphatic heterocycles. The third kappa shape index (κ3) is 1.43. The predicted molar refractivity (Wildman–Crippen MR) is 51.2 cm³/mol. The lowest BCUT2D eigenvalue weighted by Gasteiger charge is -2.07. The summed E-state index contributed by atoms with van der Waals surface area (Å²) in [5, 5.41) is 8.25. The van der Waals surface area contributed by atoms with E-state index in [1.54, 1.807) is 0 Å². The van der Waals surface area contributed by atoms with E-state index in [1.807, 2.05) is 11.7 Å². The Labute approximate surface area is 75.0 Å². The number of fused-ring (bicyclic) bond motifs is 1. The molecule has 2 rings (SSSR count). The lowest BCUT2D eigenvalue weighted by Crippen LogP contribution is -2.06. The molecule has 66 valence electrons. The van der Waals surface area contributed by atoms with Gasteiger partial charge in [-0.3, -0.25) is 4.68 Å². The highest BCUT2D eigenvalue weighted by molar-refractivity contribution is 6.35. The maximum atomic E-state index is 4.19. The number of rotatable bonds is 0. The van der Waals surface area contributed by atoms with Crippen LogP contribution in [0.3, 0.4) is 0 Å². The monoisotopic (exact) mass is 181 g/mol. The van der Waals surface area contributed by atoms with Gasteiger partial charge < -0.3 is 0 Å². The largest absolute Gasteiger partial charge is 0.252 e. The van der Waals surface area contributed by atoms with Gasteiger partial charge in [0.25, 0.3) is 0 Å². The standard InChI is InChI=1S/C8H15N3Si/c1-11-8-4-6-12-5-2-3-7(8)9-10-11/h2-6,12H2,1H3. The zero-order valence-corrected chi connectivity index (χ0v) is 9.00. The highest BCUT2D eigenvalue weighted by Gasteiger charge is 2.11. The van der Waals surface area contributed by atoms with Crippen molar-refractivity contribution in [3.63, 3.8) is 0 Å². The van der Waals surface area contributed by atoms with E-state index in [0.29, 0.717) is 0 Å². The highest BCUT2D eigenvalue weighted by atomic mass is 28.2. The number of hydrogen-bond acceptors (Lipinski definition) is 2. The molecule has 0 unspecified atom stereocenters. The van der Waals surface area contributed by atoms with Gasteiger partial charge in [-0.25, -0.2) is 0 Å². The van der Waals surface area contributed by atoms with Gasteiger partial charge in [0.05, 0.1) is 11.4 Å². The summed E-state index contributed by atoms with van der Waals surface area (Å²) in [6, 6.07) is 2.93. The van der Waals surface area contributed by atoms with Crippen molar-refractivity contribution in [2.75, 3.05) is 0 Å². The zero-order chi connectivity index (χ0) is 8.39. The molecule has 0 fully saturated rings. The number of hydrogen-bond donors (Lipinski definition) is 0. The molecule has 0 atom stereocenters. The molecule has 0 aromatic carbocycles. The van der Waals surface area contributed by atoms with Gasteiger partial charge >= 0.3 is 0 Å². The molecule has 4 heteroatoms. The van der Waals surface area contributed by atoms with Crippen LogP contribution in [0.2, 0.25) is 12.1 Å². The molecule has 0 N–H and O–H groups in total. The van der Waals surface area contributed by atoms with Crippen LogP contribution in [0.15, 0.2) is 0 Å². The van der Waals surface area contributed by atoms with E-state index in [2.05, 4.69) is 10.3 Å². The summed E-state index contributed by atoms with van der Waals surface area (Å²) in [5.41, 5.74) is 2.65. The van der Waals surface area contributed by atoms with Gasteiger partial charge in [-0.05, 0) is 12.8 Å². The Hall–Kier alpha value is -0.643. The van der Waals surface area contributed by atoms with Crippen LogP contribution in [-0.4, -0.2) is 24.5 Å². The third-order valence-corrected chi connectivity index (χ3v) is 4.45. The minimum Gasteiger partial charge on any atom is -0.252 e. The SMILES string of the molecule is Cn1nnc2c1CC[SiH2]CCC2. The van der Waals surface area contributed by atoms with Crippen molar-refractivity contribution in [3.05, 3.63) is 11.4 Å². The summed E-state index contributed by atoms with van der Waals surface area (Å²) in [4.78, 5) is 0. The number of aromatic nitrogens is 3.